The highest BCUT2D eigenvalue weighted by atomic mass is 16.5. The Morgan fingerprint density at radius 2 is 2.00 bits per heavy atom. The second-order valence-electron chi connectivity index (χ2n) is 3.73. The standard InChI is InChI=1S/C10H14N2O5/c1-4-7(6(3)17-12-4)9(14)11-8(5(2)13)10(15)16/h5,8,13H,1-3H3,(H,11,14)(H,15,16). The summed E-state index contributed by atoms with van der Waals surface area (Å²) in [4.78, 5) is 22.6. The van der Waals surface area contributed by atoms with Gasteiger partial charge in [0.15, 0.2) is 6.04 Å². The second kappa shape index (κ2) is 4.96. The number of carboxylic acids is 1. The van der Waals surface area contributed by atoms with Crippen LogP contribution in [0.3, 0.4) is 0 Å². The van der Waals surface area contributed by atoms with Gasteiger partial charge in [0, 0.05) is 0 Å². The molecule has 17 heavy (non-hydrogen) atoms. The van der Waals surface area contributed by atoms with Gasteiger partial charge in [-0.25, -0.2) is 4.79 Å². The van der Waals surface area contributed by atoms with E-state index in [9.17, 15) is 14.7 Å². The van der Waals surface area contributed by atoms with Gasteiger partial charge in [0.2, 0.25) is 0 Å². The number of nitrogens with one attached hydrogen (secondary N) is 1. The molecule has 7 heteroatoms. The average molecular weight is 242 g/mol. The molecule has 1 amide bonds. The Labute approximate surface area is 97.4 Å². The molecule has 0 bridgehead atoms. The van der Waals surface area contributed by atoms with Crippen molar-refractivity contribution in [2.24, 2.45) is 0 Å². The molecule has 1 heterocycles. The van der Waals surface area contributed by atoms with Crippen LogP contribution in [0.4, 0.5) is 0 Å². The van der Waals surface area contributed by atoms with Crippen LogP contribution in [0.5, 0.6) is 0 Å². The number of aryl methyl sites for hydroxylation is 2. The fraction of sp³-hybridized carbons (Fsp3) is 0.500. The van der Waals surface area contributed by atoms with Crippen molar-refractivity contribution in [3.05, 3.63) is 17.0 Å². The molecule has 0 radical (unpaired) electrons. The largest absolute Gasteiger partial charge is 0.480 e. The molecule has 0 saturated carbocycles. The number of hydrogen-bond donors (Lipinski definition) is 3. The van der Waals surface area contributed by atoms with Gasteiger partial charge >= 0.3 is 5.97 Å². The lowest BCUT2D eigenvalue weighted by atomic mass is 10.1. The number of aliphatic hydroxyl groups is 1. The minimum Gasteiger partial charge on any atom is -0.480 e. The molecule has 0 saturated heterocycles. The Morgan fingerprint density at radius 3 is 2.35 bits per heavy atom. The van der Waals surface area contributed by atoms with Gasteiger partial charge in [-0.3, -0.25) is 4.79 Å². The number of carbonyl (C=O) groups is 2. The van der Waals surface area contributed by atoms with Crippen molar-refractivity contribution >= 4 is 11.9 Å². The quantitative estimate of drug-likeness (QED) is 0.677. The molecular weight excluding hydrogens is 228 g/mol. The van der Waals surface area contributed by atoms with Crippen molar-refractivity contribution in [3.8, 4) is 0 Å². The first kappa shape index (κ1) is 13.2. The second-order valence-corrected chi connectivity index (χ2v) is 3.73. The zero-order chi connectivity index (χ0) is 13.2. The van der Waals surface area contributed by atoms with Crippen molar-refractivity contribution in [2.45, 2.75) is 32.9 Å². The number of rotatable bonds is 4. The molecule has 1 aromatic rings. The van der Waals surface area contributed by atoms with Gasteiger partial charge in [0.05, 0.1) is 11.8 Å². The summed E-state index contributed by atoms with van der Waals surface area (Å²) >= 11 is 0. The fourth-order valence-corrected chi connectivity index (χ4v) is 1.41. The monoisotopic (exact) mass is 242 g/mol. The van der Waals surface area contributed by atoms with Crippen LogP contribution in [0.2, 0.25) is 0 Å². The summed E-state index contributed by atoms with van der Waals surface area (Å²) in [6, 6.07) is -1.36. The topological polar surface area (TPSA) is 113 Å². The molecule has 0 aliphatic carbocycles. The number of nitrogens with zero attached hydrogens (tertiary/aromatic N) is 1. The number of carboxylic acid groups (broad SMARTS) is 1. The van der Waals surface area contributed by atoms with Crippen LogP contribution in [0.1, 0.15) is 28.7 Å². The predicted molar refractivity (Wildman–Crippen MR) is 56.5 cm³/mol. The highest BCUT2D eigenvalue weighted by Gasteiger charge is 2.27. The lowest BCUT2D eigenvalue weighted by molar-refractivity contribution is -0.141. The van der Waals surface area contributed by atoms with Crippen LogP contribution >= 0.6 is 0 Å². The number of aliphatic hydroxyl groups excluding tert-OH is 1. The molecule has 0 aromatic carbocycles. The van der Waals surface area contributed by atoms with Gasteiger partial charge in [0.25, 0.3) is 5.91 Å². The van der Waals surface area contributed by atoms with Gasteiger partial charge < -0.3 is 20.1 Å². The van der Waals surface area contributed by atoms with Gasteiger partial charge in [-0.1, -0.05) is 5.16 Å². The number of carbonyl (C=O) groups excluding carboxylic acids is 1. The summed E-state index contributed by atoms with van der Waals surface area (Å²) in [5.74, 6) is -1.63. The molecular formula is C10H14N2O5. The summed E-state index contributed by atoms with van der Waals surface area (Å²) in [6.45, 7) is 4.41. The Hall–Kier alpha value is -1.89. The lowest BCUT2D eigenvalue weighted by Gasteiger charge is -2.16. The first-order chi connectivity index (χ1) is 7.84. The molecule has 2 atom stereocenters. The van der Waals surface area contributed by atoms with Crippen LogP contribution < -0.4 is 5.32 Å². The highest BCUT2D eigenvalue weighted by molar-refractivity contribution is 5.98. The predicted octanol–water partition coefficient (Wildman–Crippen LogP) is -0.145. The third kappa shape index (κ3) is 2.82. The van der Waals surface area contributed by atoms with E-state index in [-0.39, 0.29) is 5.56 Å². The van der Waals surface area contributed by atoms with E-state index in [1.54, 1.807) is 13.8 Å². The fourth-order valence-electron chi connectivity index (χ4n) is 1.41. The molecule has 2 unspecified atom stereocenters. The van der Waals surface area contributed by atoms with Gasteiger partial charge in [-0.05, 0) is 20.8 Å². The minimum atomic E-state index is -1.36. The molecule has 0 aliphatic heterocycles. The number of hydrogen-bond acceptors (Lipinski definition) is 5. The third-order valence-electron chi connectivity index (χ3n) is 2.30. The summed E-state index contributed by atoms with van der Waals surface area (Å²) < 4.78 is 4.80. The zero-order valence-electron chi connectivity index (χ0n) is 9.72. The van der Waals surface area contributed by atoms with Crippen LogP contribution in [0.15, 0.2) is 4.52 Å². The van der Waals surface area contributed by atoms with Crippen molar-refractivity contribution in [1.29, 1.82) is 0 Å². The Morgan fingerprint density at radius 1 is 1.41 bits per heavy atom. The summed E-state index contributed by atoms with van der Waals surface area (Å²) in [7, 11) is 0. The van der Waals surface area contributed by atoms with Crippen LogP contribution in [0, 0.1) is 13.8 Å². The van der Waals surface area contributed by atoms with E-state index in [0.29, 0.717) is 11.5 Å². The van der Waals surface area contributed by atoms with Gasteiger partial charge in [0.1, 0.15) is 11.3 Å². The normalized spacial score (nSPS) is 14.1. The Kier molecular flexibility index (Phi) is 3.84. The molecule has 94 valence electrons. The van der Waals surface area contributed by atoms with Crippen molar-refractivity contribution in [3.63, 3.8) is 0 Å². The van der Waals surface area contributed by atoms with Crippen molar-refractivity contribution in [2.75, 3.05) is 0 Å². The molecule has 1 rings (SSSR count). The van der Waals surface area contributed by atoms with Crippen molar-refractivity contribution < 1.29 is 24.3 Å². The number of amides is 1. The Bertz CT molecular complexity index is 418. The summed E-state index contributed by atoms with van der Waals surface area (Å²) in [5, 5.41) is 23.8. The zero-order valence-corrected chi connectivity index (χ0v) is 9.72. The van der Waals surface area contributed by atoms with E-state index in [2.05, 4.69) is 10.5 Å². The highest BCUT2D eigenvalue weighted by Crippen LogP contribution is 2.12. The van der Waals surface area contributed by atoms with Crippen LogP contribution in [0.25, 0.3) is 0 Å². The molecule has 3 N–H and O–H groups in total. The van der Waals surface area contributed by atoms with Crippen LogP contribution in [-0.2, 0) is 4.79 Å². The lowest BCUT2D eigenvalue weighted by Crippen LogP contribution is -2.47. The average Bonchev–Trinajstić information content (AvgIpc) is 2.53. The summed E-state index contributed by atoms with van der Waals surface area (Å²) in [5.41, 5.74) is 0.562. The number of aromatic nitrogens is 1. The van der Waals surface area contributed by atoms with E-state index >= 15 is 0 Å². The first-order valence-corrected chi connectivity index (χ1v) is 4.99. The first-order valence-electron chi connectivity index (χ1n) is 4.99. The SMILES string of the molecule is Cc1noc(C)c1C(=O)NC(C(=O)O)C(C)O. The maximum Gasteiger partial charge on any atom is 0.328 e. The van der Waals surface area contributed by atoms with Gasteiger partial charge in [-0.2, -0.15) is 0 Å². The number of aliphatic carboxylic acids is 1. The molecule has 0 fully saturated rings. The smallest absolute Gasteiger partial charge is 0.328 e. The van der Waals surface area contributed by atoms with E-state index in [1.807, 2.05) is 0 Å². The van der Waals surface area contributed by atoms with E-state index in [1.165, 1.54) is 6.92 Å². The van der Waals surface area contributed by atoms with E-state index < -0.39 is 24.0 Å². The molecule has 1 aromatic heterocycles. The van der Waals surface area contributed by atoms with Gasteiger partial charge in [-0.15, -0.1) is 0 Å². The minimum absolute atomic E-state index is 0.192. The maximum atomic E-state index is 11.8. The van der Waals surface area contributed by atoms with Crippen molar-refractivity contribution in [1.82, 2.24) is 10.5 Å². The molecule has 0 aliphatic rings. The van der Waals surface area contributed by atoms with E-state index in [0.717, 1.165) is 0 Å². The molecule has 7 nitrogen and oxygen atoms in total. The van der Waals surface area contributed by atoms with E-state index in [4.69, 9.17) is 9.63 Å². The summed E-state index contributed by atoms with van der Waals surface area (Å²) in [6.07, 6.45) is -1.20. The third-order valence-corrected chi connectivity index (χ3v) is 2.30. The Balaban J connectivity index is 2.89. The molecule has 0 spiro atoms. The maximum absolute atomic E-state index is 11.8. The van der Waals surface area contributed by atoms with Crippen LogP contribution in [-0.4, -0.2) is 39.4 Å².